The van der Waals surface area contributed by atoms with Gasteiger partial charge in [-0.25, -0.2) is 0 Å². The van der Waals surface area contributed by atoms with Gasteiger partial charge in [-0.3, -0.25) is 4.90 Å². The molecule has 1 aromatic carbocycles. The highest BCUT2D eigenvalue weighted by Gasteiger charge is 2.22. The Kier molecular flexibility index (Phi) is 6.08. The van der Waals surface area contributed by atoms with Crippen molar-refractivity contribution in [2.75, 3.05) is 31.1 Å². The summed E-state index contributed by atoms with van der Waals surface area (Å²) >= 11 is 0. The minimum Gasteiger partial charge on any atom is -0.372 e. The van der Waals surface area contributed by atoms with Crippen molar-refractivity contribution in [3.8, 4) is 11.4 Å². The van der Waals surface area contributed by atoms with Crippen LogP contribution >= 0.6 is 0 Å². The summed E-state index contributed by atoms with van der Waals surface area (Å²) in [5, 5.41) is 4.22. The van der Waals surface area contributed by atoms with E-state index in [-0.39, 0.29) is 6.04 Å². The van der Waals surface area contributed by atoms with Gasteiger partial charge in [0.1, 0.15) is 0 Å². The molecule has 2 heterocycles. The number of nitrogens with zero attached hydrogens (tertiary/aromatic N) is 4. The summed E-state index contributed by atoms with van der Waals surface area (Å²) in [5.74, 6) is 1.41. The van der Waals surface area contributed by atoms with Crippen LogP contribution in [-0.2, 0) is 0 Å². The van der Waals surface area contributed by atoms with Crippen LogP contribution in [0.3, 0.4) is 0 Å². The highest BCUT2D eigenvalue weighted by Crippen LogP contribution is 2.27. The van der Waals surface area contributed by atoms with Gasteiger partial charge in [-0.05, 0) is 63.0 Å². The lowest BCUT2D eigenvalue weighted by molar-refractivity contribution is 0.171. The molecule has 0 amide bonds. The van der Waals surface area contributed by atoms with Crippen LogP contribution in [0, 0.1) is 0 Å². The molecule has 3 rings (SSSR count). The zero-order valence-corrected chi connectivity index (χ0v) is 15.7. The fourth-order valence-electron chi connectivity index (χ4n) is 3.71. The smallest absolute Gasteiger partial charge is 0.244 e. The predicted molar refractivity (Wildman–Crippen MR) is 102 cm³/mol. The van der Waals surface area contributed by atoms with E-state index in [0.29, 0.717) is 5.82 Å². The molecular formula is C20H30N4O. The number of aromatic nitrogens is 2. The fourth-order valence-corrected chi connectivity index (χ4v) is 3.71. The molecule has 1 fully saturated rings. The molecule has 0 unspecified atom stereocenters. The maximum atomic E-state index is 5.59. The summed E-state index contributed by atoms with van der Waals surface area (Å²) in [6.45, 7) is 10.8. The Labute approximate surface area is 151 Å². The van der Waals surface area contributed by atoms with Crippen LogP contribution in [0.25, 0.3) is 11.4 Å². The standard InChI is InChI=1S/C20H30N4O/c1-4-18(23(5-2)6-3)20-21-19(22-25-20)16-10-12-17(13-11-16)24-14-8-7-9-15-24/h10-13,18H,4-9,14-15H2,1-3H3/t18-/m1/s1. The van der Waals surface area contributed by atoms with Crippen LogP contribution in [0.15, 0.2) is 28.8 Å². The van der Waals surface area contributed by atoms with Crippen molar-refractivity contribution >= 4 is 5.69 Å². The Balaban J connectivity index is 1.75. The molecule has 0 spiro atoms. The third-order valence-electron chi connectivity index (χ3n) is 5.21. The second-order valence-corrected chi connectivity index (χ2v) is 6.70. The van der Waals surface area contributed by atoms with Gasteiger partial charge >= 0.3 is 0 Å². The third-order valence-corrected chi connectivity index (χ3v) is 5.21. The van der Waals surface area contributed by atoms with Crippen molar-refractivity contribution < 1.29 is 4.52 Å². The molecule has 0 aliphatic carbocycles. The van der Waals surface area contributed by atoms with E-state index in [0.717, 1.165) is 44.1 Å². The molecule has 5 heteroatoms. The fraction of sp³-hybridized carbons (Fsp3) is 0.600. The molecule has 136 valence electrons. The van der Waals surface area contributed by atoms with Gasteiger partial charge < -0.3 is 9.42 Å². The number of rotatable bonds is 7. The highest BCUT2D eigenvalue weighted by molar-refractivity contribution is 5.60. The molecule has 5 nitrogen and oxygen atoms in total. The van der Waals surface area contributed by atoms with E-state index >= 15 is 0 Å². The first-order chi connectivity index (χ1) is 12.3. The van der Waals surface area contributed by atoms with Gasteiger partial charge in [0.25, 0.3) is 0 Å². The summed E-state index contributed by atoms with van der Waals surface area (Å²) in [5.41, 5.74) is 2.31. The molecule has 0 radical (unpaired) electrons. The monoisotopic (exact) mass is 342 g/mol. The summed E-state index contributed by atoms with van der Waals surface area (Å²) in [6.07, 6.45) is 4.90. The van der Waals surface area contributed by atoms with E-state index in [4.69, 9.17) is 4.52 Å². The number of hydrogen-bond acceptors (Lipinski definition) is 5. The number of benzene rings is 1. The van der Waals surface area contributed by atoms with Crippen molar-refractivity contribution in [2.45, 2.75) is 52.5 Å². The van der Waals surface area contributed by atoms with Crippen molar-refractivity contribution in [1.29, 1.82) is 0 Å². The van der Waals surface area contributed by atoms with Crippen LogP contribution in [0.1, 0.15) is 58.4 Å². The zero-order valence-electron chi connectivity index (χ0n) is 15.7. The van der Waals surface area contributed by atoms with E-state index in [2.05, 4.69) is 65.0 Å². The van der Waals surface area contributed by atoms with Gasteiger partial charge in [0.2, 0.25) is 11.7 Å². The molecular weight excluding hydrogens is 312 g/mol. The average molecular weight is 342 g/mol. The molecule has 1 atom stereocenters. The van der Waals surface area contributed by atoms with E-state index in [1.54, 1.807) is 0 Å². The molecule has 25 heavy (non-hydrogen) atoms. The maximum Gasteiger partial charge on any atom is 0.244 e. The van der Waals surface area contributed by atoms with E-state index in [9.17, 15) is 0 Å². The largest absolute Gasteiger partial charge is 0.372 e. The number of hydrogen-bond donors (Lipinski definition) is 0. The van der Waals surface area contributed by atoms with Crippen molar-refractivity contribution in [3.05, 3.63) is 30.2 Å². The average Bonchev–Trinajstić information content (AvgIpc) is 3.16. The lowest BCUT2D eigenvalue weighted by Crippen LogP contribution is -2.29. The van der Waals surface area contributed by atoms with Gasteiger partial charge in [0, 0.05) is 24.3 Å². The van der Waals surface area contributed by atoms with E-state index < -0.39 is 0 Å². The van der Waals surface area contributed by atoms with Crippen molar-refractivity contribution in [2.24, 2.45) is 0 Å². The van der Waals surface area contributed by atoms with Crippen molar-refractivity contribution in [1.82, 2.24) is 15.0 Å². The molecule has 1 aliphatic rings. The molecule has 1 aliphatic heterocycles. The van der Waals surface area contributed by atoms with Crippen LogP contribution in [0.4, 0.5) is 5.69 Å². The SMILES string of the molecule is CC[C@H](c1nc(-c2ccc(N3CCCCC3)cc2)no1)N(CC)CC. The van der Waals surface area contributed by atoms with E-state index in [1.807, 2.05) is 0 Å². The second kappa shape index (κ2) is 8.48. The Morgan fingerprint density at radius 3 is 2.32 bits per heavy atom. The Hall–Kier alpha value is -1.88. The first-order valence-electron chi connectivity index (χ1n) is 9.69. The maximum absolute atomic E-state index is 5.59. The summed E-state index contributed by atoms with van der Waals surface area (Å²) < 4.78 is 5.59. The Morgan fingerprint density at radius 2 is 1.72 bits per heavy atom. The molecule has 0 bridgehead atoms. The lowest BCUT2D eigenvalue weighted by atomic mass is 10.1. The van der Waals surface area contributed by atoms with Crippen LogP contribution in [0.2, 0.25) is 0 Å². The molecule has 0 N–H and O–H groups in total. The second-order valence-electron chi connectivity index (χ2n) is 6.70. The van der Waals surface area contributed by atoms with Crippen LogP contribution in [-0.4, -0.2) is 41.2 Å². The normalized spacial score (nSPS) is 16.4. The zero-order chi connectivity index (χ0) is 17.6. The van der Waals surface area contributed by atoms with Crippen molar-refractivity contribution in [3.63, 3.8) is 0 Å². The topological polar surface area (TPSA) is 45.4 Å². The van der Waals surface area contributed by atoms with Gasteiger partial charge in [-0.15, -0.1) is 0 Å². The predicted octanol–water partition coefficient (Wildman–Crippen LogP) is 4.52. The lowest BCUT2D eigenvalue weighted by Gasteiger charge is -2.28. The minimum absolute atomic E-state index is 0.198. The number of piperidine rings is 1. The van der Waals surface area contributed by atoms with Gasteiger partial charge in [-0.1, -0.05) is 25.9 Å². The van der Waals surface area contributed by atoms with E-state index in [1.165, 1.54) is 24.9 Å². The molecule has 0 saturated carbocycles. The first-order valence-corrected chi connectivity index (χ1v) is 9.69. The molecule has 2 aromatic rings. The highest BCUT2D eigenvalue weighted by atomic mass is 16.5. The third kappa shape index (κ3) is 4.03. The van der Waals surface area contributed by atoms with Gasteiger partial charge in [0.15, 0.2) is 0 Å². The Bertz CT molecular complexity index is 642. The number of anilines is 1. The quantitative estimate of drug-likeness (QED) is 0.740. The summed E-state index contributed by atoms with van der Waals surface area (Å²) in [4.78, 5) is 9.50. The summed E-state index contributed by atoms with van der Waals surface area (Å²) in [7, 11) is 0. The molecule has 1 aromatic heterocycles. The minimum atomic E-state index is 0.198. The van der Waals surface area contributed by atoms with Gasteiger partial charge in [-0.2, -0.15) is 4.98 Å². The Morgan fingerprint density at radius 1 is 1.04 bits per heavy atom. The summed E-state index contributed by atoms with van der Waals surface area (Å²) in [6, 6.07) is 8.77. The first kappa shape index (κ1) is 17.9. The van der Waals surface area contributed by atoms with Crippen LogP contribution in [0.5, 0.6) is 0 Å². The van der Waals surface area contributed by atoms with Crippen LogP contribution < -0.4 is 4.90 Å². The molecule has 1 saturated heterocycles. The van der Waals surface area contributed by atoms with Gasteiger partial charge in [0.05, 0.1) is 6.04 Å².